The molecule has 0 bridgehead atoms. The second-order valence-corrected chi connectivity index (χ2v) is 5.02. The lowest BCUT2D eigenvalue weighted by Crippen LogP contribution is -2.36. The fraction of sp³-hybridized carbons (Fsp3) is 1.00. The largest absolute Gasteiger partial charge is 0.279 e. The molecule has 0 radical (unpaired) electrons. The molecule has 0 aromatic carbocycles. The first-order valence-corrected chi connectivity index (χ1v) is 4.53. The fourth-order valence-corrected chi connectivity index (χ4v) is 2.51. The van der Waals surface area contributed by atoms with Crippen LogP contribution in [0.3, 0.4) is 0 Å². The molecule has 0 aliphatic carbocycles. The summed E-state index contributed by atoms with van der Waals surface area (Å²) in [5.41, 5.74) is -0.312. The highest BCUT2D eigenvalue weighted by Crippen LogP contribution is 2.16. The zero-order chi connectivity index (χ0) is 7.99. The summed E-state index contributed by atoms with van der Waals surface area (Å²) < 4.78 is 25.8. The molecule has 4 nitrogen and oxygen atoms in total. The van der Waals surface area contributed by atoms with Crippen LogP contribution in [0.2, 0.25) is 0 Å². The van der Waals surface area contributed by atoms with Crippen molar-refractivity contribution in [1.29, 1.82) is 0 Å². The van der Waals surface area contributed by atoms with E-state index in [4.69, 9.17) is 0 Å². The lowest BCUT2D eigenvalue weighted by atomic mass is 10.1. The lowest BCUT2D eigenvalue weighted by molar-refractivity contribution is 0.422. The van der Waals surface area contributed by atoms with Crippen molar-refractivity contribution in [2.75, 3.05) is 13.6 Å². The monoisotopic (exact) mass is 164 g/mol. The number of nitrogens with zero attached hydrogens (tertiary/aromatic N) is 1. The highest BCUT2D eigenvalue weighted by atomic mass is 32.2. The van der Waals surface area contributed by atoms with Crippen molar-refractivity contribution in [3.05, 3.63) is 0 Å². The molecule has 0 amide bonds. The predicted octanol–water partition coefficient (Wildman–Crippen LogP) is -0.455. The third-order valence-corrected chi connectivity index (χ3v) is 3.19. The van der Waals surface area contributed by atoms with Crippen LogP contribution in [-0.2, 0) is 10.2 Å². The molecular formula is C5H12N2O2S. The Morgan fingerprint density at radius 3 is 2.10 bits per heavy atom. The molecule has 1 fully saturated rings. The van der Waals surface area contributed by atoms with Crippen LogP contribution < -0.4 is 4.72 Å². The summed E-state index contributed by atoms with van der Waals surface area (Å²) in [5, 5.41) is 0. The molecule has 0 atom stereocenters. The molecular weight excluding hydrogens is 152 g/mol. The topological polar surface area (TPSA) is 49.4 Å². The summed E-state index contributed by atoms with van der Waals surface area (Å²) in [7, 11) is -1.58. The van der Waals surface area contributed by atoms with E-state index in [1.807, 2.05) is 13.8 Å². The van der Waals surface area contributed by atoms with E-state index in [-0.39, 0.29) is 5.54 Å². The number of rotatable bonds is 0. The summed E-state index contributed by atoms with van der Waals surface area (Å²) in [5.74, 6) is 0. The Kier molecular flexibility index (Phi) is 1.54. The van der Waals surface area contributed by atoms with Gasteiger partial charge in [-0.1, -0.05) is 0 Å². The zero-order valence-corrected chi connectivity index (χ0v) is 7.20. The summed E-state index contributed by atoms with van der Waals surface area (Å²) in [4.78, 5) is 0. The third-order valence-electron chi connectivity index (χ3n) is 1.43. The SMILES string of the molecule is CN1CC(C)(C)NS1(=O)=O. The molecule has 10 heavy (non-hydrogen) atoms. The fourth-order valence-electron chi connectivity index (χ4n) is 1.10. The molecule has 1 N–H and O–H groups in total. The van der Waals surface area contributed by atoms with Gasteiger partial charge in [-0.3, -0.25) is 0 Å². The minimum absolute atomic E-state index is 0.312. The maximum absolute atomic E-state index is 11.0. The Hall–Kier alpha value is -0.130. The number of likely N-dealkylation sites (N-methyl/N-ethyl adjacent to an activating group) is 1. The first kappa shape index (κ1) is 7.97. The van der Waals surface area contributed by atoms with Gasteiger partial charge in [0.15, 0.2) is 0 Å². The van der Waals surface area contributed by atoms with Crippen LogP contribution in [0.15, 0.2) is 0 Å². The first-order valence-electron chi connectivity index (χ1n) is 3.09. The summed E-state index contributed by atoms with van der Waals surface area (Å²) in [6.45, 7) is 4.25. The van der Waals surface area contributed by atoms with Crippen molar-refractivity contribution in [2.45, 2.75) is 19.4 Å². The van der Waals surface area contributed by atoms with Crippen molar-refractivity contribution in [2.24, 2.45) is 0 Å². The van der Waals surface area contributed by atoms with E-state index < -0.39 is 10.2 Å². The van der Waals surface area contributed by atoms with Crippen LogP contribution in [0.4, 0.5) is 0 Å². The summed E-state index contributed by atoms with van der Waals surface area (Å²) in [6, 6.07) is 0. The Labute approximate surface area is 61.4 Å². The molecule has 1 aliphatic rings. The lowest BCUT2D eigenvalue weighted by Gasteiger charge is -2.12. The smallest absolute Gasteiger partial charge is 0.195 e. The van der Waals surface area contributed by atoms with Gasteiger partial charge in [-0.2, -0.15) is 17.4 Å². The van der Waals surface area contributed by atoms with Gasteiger partial charge in [0, 0.05) is 19.1 Å². The summed E-state index contributed by atoms with van der Waals surface area (Å²) >= 11 is 0. The van der Waals surface area contributed by atoms with Crippen LogP contribution in [0.25, 0.3) is 0 Å². The summed E-state index contributed by atoms with van der Waals surface area (Å²) in [6.07, 6.45) is 0. The molecule has 0 aromatic heterocycles. The van der Waals surface area contributed by atoms with Gasteiger partial charge in [0.1, 0.15) is 0 Å². The Morgan fingerprint density at radius 2 is 2.00 bits per heavy atom. The number of hydrogen-bond acceptors (Lipinski definition) is 2. The Bertz CT molecular complexity index is 232. The van der Waals surface area contributed by atoms with Gasteiger partial charge in [0.25, 0.3) is 10.2 Å². The average Bonchev–Trinajstić information content (AvgIpc) is 1.73. The van der Waals surface area contributed by atoms with Gasteiger partial charge in [-0.15, -0.1) is 0 Å². The predicted molar refractivity (Wildman–Crippen MR) is 38.8 cm³/mol. The van der Waals surface area contributed by atoms with Crippen molar-refractivity contribution in [3.63, 3.8) is 0 Å². The van der Waals surface area contributed by atoms with Crippen LogP contribution in [-0.4, -0.2) is 31.9 Å². The normalized spacial score (nSPS) is 30.7. The number of hydrogen-bond donors (Lipinski definition) is 1. The molecule has 1 rings (SSSR count). The third kappa shape index (κ3) is 1.31. The molecule has 1 heterocycles. The standard InChI is InChI=1S/C5H12N2O2S/c1-5(2)4-7(3)10(8,9)6-5/h6H,4H2,1-3H3. The van der Waals surface area contributed by atoms with E-state index in [2.05, 4.69) is 4.72 Å². The van der Waals surface area contributed by atoms with Crippen LogP contribution in [0.5, 0.6) is 0 Å². The average molecular weight is 164 g/mol. The minimum atomic E-state index is -3.15. The van der Waals surface area contributed by atoms with Crippen LogP contribution in [0, 0.1) is 0 Å². The van der Waals surface area contributed by atoms with Crippen molar-refractivity contribution in [3.8, 4) is 0 Å². The minimum Gasteiger partial charge on any atom is -0.195 e. The van der Waals surface area contributed by atoms with E-state index in [1.165, 1.54) is 4.31 Å². The van der Waals surface area contributed by atoms with Crippen molar-refractivity contribution in [1.82, 2.24) is 9.03 Å². The van der Waals surface area contributed by atoms with Crippen LogP contribution in [0.1, 0.15) is 13.8 Å². The second kappa shape index (κ2) is 1.93. The molecule has 1 saturated heterocycles. The molecule has 0 unspecified atom stereocenters. The molecule has 0 saturated carbocycles. The van der Waals surface area contributed by atoms with Gasteiger partial charge in [-0.05, 0) is 13.8 Å². The quantitative estimate of drug-likeness (QED) is 0.527. The first-order chi connectivity index (χ1) is 4.33. The highest BCUT2D eigenvalue weighted by Gasteiger charge is 2.37. The number of nitrogens with one attached hydrogen (secondary N) is 1. The molecule has 60 valence electrons. The zero-order valence-electron chi connectivity index (χ0n) is 6.38. The van der Waals surface area contributed by atoms with Gasteiger partial charge in [-0.25, -0.2) is 0 Å². The Balaban J connectivity index is 2.92. The van der Waals surface area contributed by atoms with E-state index in [9.17, 15) is 8.42 Å². The van der Waals surface area contributed by atoms with Gasteiger partial charge in [0.05, 0.1) is 0 Å². The van der Waals surface area contributed by atoms with E-state index in [0.29, 0.717) is 6.54 Å². The molecule has 0 aromatic rings. The maximum atomic E-state index is 11.0. The second-order valence-electron chi connectivity index (χ2n) is 3.25. The van der Waals surface area contributed by atoms with Crippen molar-refractivity contribution < 1.29 is 8.42 Å². The Morgan fingerprint density at radius 1 is 1.50 bits per heavy atom. The van der Waals surface area contributed by atoms with Gasteiger partial charge in [0.2, 0.25) is 0 Å². The van der Waals surface area contributed by atoms with E-state index in [1.54, 1.807) is 7.05 Å². The van der Waals surface area contributed by atoms with Crippen molar-refractivity contribution >= 4 is 10.2 Å². The molecule has 0 spiro atoms. The van der Waals surface area contributed by atoms with Gasteiger partial charge >= 0.3 is 0 Å². The van der Waals surface area contributed by atoms with E-state index in [0.717, 1.165) is 0 Å². The maximum Gasteiger partial charge on any atom is 0.279 e. The molecule has 1 aliphatic heterocycles. The highest BCUT2D eigenvalue weighted by molar-refractivity contribution is 7.87. The van der Waals surface area contributed by atoms with Gasteiger partial charge < -0.3 is 0 Å². The van der Waals surface area contributed by atoms with E-state index >= 15 is 0 Å². The van der Waals surface area contributed by atoms with Crippen LogP contribution >= 0.6 is 0 Å². The molecule has 5 heteroatoms.